The molecule has 7 heteroatoms. The summed E-state index contributed by atoms with van der Waals surface area (Å²) in [5.74, 6) is -1.09. The minimum Gasteiger partial charge on any atom is -0.451 e. The Morgan fingerprint density at radius 1 is 1.17 bits per heavy atom. The van der Waals surface area contributed by atoms with Crippen molar-refractivity contribution in [3.8, 4) is 0 Å². The van der Waals surface area contributed by atoms with Crippen molar-refractivity contribution in [2.45, 2.75) is 0 Å². The number of fused-ring (bicyclic) bond motifs is 2. The number of carbonyl (C=O) groups is 1. The number of benzene rings is 2. The average Bonchev–Trinajstić information content (AvgIpc) is 2.96. The van der Waals surface area contributed by atoms with E-state index in [0.29, 0.717) is 21.6 Å². The van der Waals surface area contributed by atoms with Gasteiger partial charge in [0.05, 0.1) is 15.6 Å². The predicted octanol–water partition coefficient (Wildman–Crippen LogP) is 3.79. The van der Waals surface area contributed by atoms with Crippen molar-refractivity contribution < 1.29 is 13.6 Å². The van der Waals surface area contributed by atoms with Crippen LogP contribution in [0.15, 0.2) is 57.7 Å². The maximum Gasteiger partial charge on any atom is 0.293 e. The Kier molecular flexibility index (Phi) is 3.35. The molecule has 2 aromatic carbocycles. The monoisotopic (exact) mass is 340 g/mol. The van der Waals surface area contributed by atoms with E-state index in [1.54, 1.807) is 30.3 Å². The summed E-state index contributed by atoms with van der Waals surface area (Å²) in [6.07, 6.45) is 0. The number of carbonyl (C=O) groups excluding carboxylic acids is 1. The second-order valence-corrected chi connectivity index (χ2v) is 6.09. The number of nitrogens with zero attached hydrogens (tertiary/aromatic N) is 1. The molecule has 0 saturated carbocycles. The van der Waals surface area contributed by atoms with Crippen molar-refractivity contribution >= 4 is 43.6 Å². The largest absolute Gasteiger partial charge is 0.451 e. The van der Waals surface area contributed by atoms with Crippen LogP contribution in [0.4, 0.5) is 9.52 Å². The lowest BCUT2D eigenvalue weighted by Gasteiger charge is -2.02. The van der Waals surface area contributed by atoms with Crippen molar-refractivity contribution in [1.29, 1.82) is 0 Å². The third kappa shape index (κ3) is 2.55. The Labute approximate surface area is 138 Å². The molecule has 2 heterocycles. The molecule has 1 N–H and O–H groups in total. The summed E-state index contributed by atoms with van der Waals surface area (Å²) in [6, 6.07) is 12.0. The second kappa shape index (κ2) is 5.54. The summed E-state index contributed by atoms with van der Waals surface area (Å²) < 4.78 is 19.4. The highest BCUT2D eigenvalue weighted by Crippen LogP contribution is 2.26. The van der Waals surface area contributed by atoms with Gasteiger partial charge in [0.1, 0.15) is 11.4 Å². The molecule has 5 nitrogen and oxygen atoms in total. The van der Waals surface area contributed by atoms with Crippen molar-refractivity contribution in [1.82, 2.24) is 4.98 Å². The lowest BCUT2D eigenvalue weighted by atomic mass is 10.2. The predicted molar refractivity (Wildman–Crippen MR) is 90.0 cm³/mol. The van der Waals surface area contributed by atoms with Crippen LogP contribution in [0, 0.1) is 5.82 Å². The maximum absolute atomic E-state index is 13.2. The smallest absolute Gasteiger partial charge is 0.293 e. The fourth-order valence-corrected chi connectivity index (χ4v) is 3.17. The van der Waals surface area contributed by atoms with Crippen LogP contribution in [0.25, 0.3) is 21.2 Å². The number of amides is 1. The first-order chi connectivity index (χ1) is 11.6. The zero-order valence-corrected chi connectivity index (χ0v) is 12.9. The number of rotatable bonds is 2. The van der Waals surface area contributed by atoms with Gasteiger partial charge in [0.2, 0.25) is 0 Å². The normalized spacial score (nSPS) is 11.0. The molecule has 0 atom stereocenters. The van der Waals surface area contributed by atoms with Gasteiger partial charge in [-0.1, -0.05) is 23.5 Å². The minimum absolute atomic E-state index is 0.107. The Balaban J connectivity index is 1.69. The molecule has 0 saturated heterocycles. The average molecular weight is 340 g/mol. The number of nitrogens with one attached hydrogen (secondary N) is 1. The van der Waals surface area contributed by atoms with E-state index in [2.05, 4.69) is 10.3 Å². The zero-order chi connectivity index (χ0) is 16.7. The van der Waals surface area contributed by atoms with Gasteiger partial charge >= 0.3 is 0 Å². The molecule has 0 aliphatic rings. The third-order valence-corrected chi connectivity index (χ3v) is 4.38. The first-order valence-corrected chi connectivity index (χ1v) is 7.82. The van der Waals surface area contributed by atoms with E-state index >= 15 is 0 Å². The highest BCUT2D eigenvalue weighted by molar-refractivity contribution is 7.22. The SMILES string of the molecule is O=C(Nc1nc2cc(F)ccc2s1)c1cc(=O)c2ccccc2o1. The van der Waals surface area contributed by atoms with Crippen LogP contribution in [0.1, 0.15) is 10.6 Å². The zero-order valence-electron chi connectivity index (χ0n) is 12.1. The molecule has 0 aliphatic carbocycles. The van der Waals surface area contributed by atoms with Gasteiger partial charge in [0.15, 0.2) is 16.3 Å². The van der Waals surface area contributed by atoms with Crippen molar-refractivity contribution in [3.63, 3.8) is 0 Å². The quantitative estimate of drug-likeness (QED) is 0.602. The highest BCUT2D eigenvalue weighted by Gasteiger charge is 2.14. The van der Waals surface area contributed by atoms with Gasteiger partial charge in [-0.25, -0.2) is 9.37 Å². The summed E-state index contributed by atoms with van der Waals surface area (Å²) in [7, 11) is 0. The van der Waals surface area contributed by atoms with Gasteiger partial charge in [-0.3, -0.25) is 14.9 Å². The van der Waals surface area contributed by atoms with E-state index in [1.165, 1.54) is 23.5 Å². The van der Waals surface area contributed by atoms with E-state index in [1.807, 2.05) is 0 Å². The minimum atomic E-state index is -0.586. The first kappa shape index (κ1) is 14.5. The standard InChI is InChI=1S/C17H9FN2O3S/c18-9-5-6-15-11(7-9)19-17(24-15)20-16(22)14-8-12(21)10-3-1-2-4-13(10)23-14/h1-8H,(H,19,20,22). The summed E-state index contributed by atoms with van der Waals surface area (Å²) in [5.41, 5.74) is 0.491. The van der Waals surface area contributed by atoms with Gasteiger partial charge in [-0.05, 0) is 24.3 Å². The molecule has 0 bridgehead atoms. The van der Waals surface area contributed by atoms with Crippen LogP contribution < -0.4 is 10.7 Å². The second-order valence-electron chi connectivity index (χ2n) is 5.06. The van der Waals surface area contributed by atoms with Crippen LogP contribution in [0.3, 0.4) is 0 Å². The number of hydrogen-bond acceptors (Lipinski definition) is 5. The lowest BCUT2D eigenvalue weighted by Crippen LogP contribution is -2.14. The molecule has 0 radical (unpaired) electrons. The van der Waals surface area contributed by atoms with E-state index in [9.17, 15) is 14.0 Å². The van der Waals surface area contributed by atoms with Crippen LogP contribution in [-0.4, -0.2) is 10.9 Å². The fraction of sp³-hybridized carbons (Fsp3) is 0. The Morgan fingerprint density at radius 3 is 2.88 bits per heavy atom. The lowest BCUT2D eigenvalue weighted by molar-refractivity contribution is 0.0997. The molecule has 118 valence electrons. The molecule has 0 unspecified atom stereocenters. The molecule has 0 spiro atoms. The van der Waals surface area contributed by atoms with Crippen LogP contribution >= 0.6 is 11.3 Å². The third-order valence-electron chi connectivity index (χ3n) is 3.43. The molecule has 0 aliphatic heterocycles. The van der Waals surface area contributed by atoms with Crippen molar-refractivity contribution in [2.75, 3.05) is 5.32 Å². The summed E-state index contributed by atoms with van der Waals surface area (Å²) in [5, 5.41) is 3.28. The van der Waals surface area contributed by atoms with Crippen LogP contribution in [0.2, 0.25) is 0 Å². The van der Waals surface area contributed by atoms with Gasteiger partial charge < -0.3 is 4.42 Å². The maximum atomic E-state index is 13.2. The number of aromatic nitrogens is 1. The molecular formula is C17H9FN2O3S. The number of halogens is 1. The van der Waals surface area contributed by atoms with Crippen LogP contribution in [0.5, 0.6) is 0 Å². The Bertz CT molecular complexity index is 1150. The molecule has 1 amide bonds. The highest BCUT2D eigenvalue weighted by atomic mass is 32.1. The molecule has 0 fully saturated rings. The Hall–Kier alpha value is -3.06. The first-order valence-electron chi connectivity index (χ1n) is 7.00. The van der Waals surface area contributed by atoms with E-state index in [0.717, 1.165) is 10.8 Å². The van der Waals surface area contributed by atoms with E-state index < -0.39 is 11.7 Å². The number of anilines is 1. The number of hydrogen-bond donors (Lipinski definition) is 1. The van der Waals surface area contributed by atoms with Gasteiger partial charge in [0, 0.05) is 12.1 Å². The van der Waals surface area contributed by atoms with Gasteiger partial charge in [-0.15, -0.1) is 0 Å². The summed E-state index contributed by atoms with van der Waals surface area (Å²) >= 11 is 1.21. The summed E-state index contributed by atoms with van der Waals surface area (Å²) in [6.45, 7) is 0. The molecular weight excluding hydrogens is 331 g/mol. The van der Waals surface area contributed by atoms with Crippen molar-refractivity contribution in [2.24, 2.45) is 0 Å². The van der Waals surface area contributed by atoms with E-state index in [-0.39, 0.29) is 11.2 Å². The van der Waals surface area contributed by atoms with Gasteiger partial charge in [-0.2, -0.15) is 0 Å². The molecule has 4 rings (SSSR count). The van der Waals surface area contributed by atoms with Crippen LogP contribution in [-0.2, 0) is 0 Å². The Morgan fingerprint density at radius 2 is 2.00 bits per heavy atom. The molecule has 2 aromatic heterocycles. The molecule has 24 heavy (non-hydrogen) atoms. The van der Waals surface area contributed by atoms with E-state index in [4.69, 9.17) is 4.42 Å². The topological polar surface area (TPSA) is 72.2 Å². The number of para-hydroxylation sites is 1. The van der Waals surface area contributed by atoms with Gasteiger partial charge in [0.25, 0.3) is 5.91 Å². The van der Waals surface area contributed by atoms with Crippen molar-refractivity contribution in [3.05, 3.63) is 70.3 Å². The fourth-order valence-electron chi connectivity index (χ4n) is 2.33. The summed E-state index contributed by atoms with van der Waals surface area (Å²) in [4.78, 5) is 28.5. The molecule has 4 aromatic rings. The number of thiazole rings is 1.